The molecule has 1 atom stereocenters. The molecule has 2 aliphatic heterocycles. The van der Waals surface area contributed by atoms with E-state index in [1.54, 1.807) is 0 Å². The van der Waals surface area contributed by atoms with Crippen molar-refractivity contribution >= 4 is 39.2 Å². The Morgan fingerprint density at radius 1 is 1.34 bits per heavy atom. The minimum atomic E-state index is -0.449. The van der Waals surface area contributed by atoms with Gasteiger partial charge in [-0.15, -0.1) is 0 Å². The average Bonchev–Trinajstić information content (AvgIpc) is 3.40. The third kappa shape index (κ3) is 4.10. The fourth-order valence-electron chi connectivity index (χ4n) is 5.18. The Kier molecular flexibility index (Phi) is 5.37. The molecule has 1 saturated heterocycles. The van der Waals surface area contributed by atoms with Crippen molar-refractivity contribution in [3.8, 4) is 0 Å². The van der Waals surface area contributed by atoms with E-state index < -0.39 is 5.54 Å². The van der Waals surface area contributed by atoms with Crippen LogP contribution in [0.2, 0.25) is 0 Å². The minimum absolute atomic E-state index is 0.00517. The molecule has 3 aromatic rings. The molecule has 1 saturated carbocycles. The third-order valence-electron chi connectivity index (χ3n) is 7.35. The van der Waals surface area contributed by atoms with Gasteiger partial charge < -0.3 is 24.8 Å². The van der Waals surface area contributed by atoms with Gasteiger partial charge in [0.1, 0.15) is 4.88 Å². The van der Waals surface area contributed by atoms with Gasteiger partial charge in [0, 0.05) is 42.8 Å². The highest BCUT2D eigenvalue weighted by Crippen LogP contribution is 2.38. The van der Waals surface area contributed by atoms with Crippen molar-refractivity contribution in [3.05, 3.63) is 46.1 Å². The molecule has 0 bridgehead atoms. The second-order valence-electron chi connectivity index (χ2n) is 10.5. The first-order valence-electron chi connectivity index (χ1n) is 12.3. The summed E-state index contributed by atoms with van der Waals surface area (Å²) >= 11 is 1.47. The quantitative estimate of drug-likeness (QED) is 0.551. The SMILES string of the molecule is Cn1cc(C[C@H]2COCCN2c2nc3c(s2)C(=O)NC3(C)C)c2cc(C(=O)NCC3CC3)ccc21. The van der Waals surface area contributed by atoms with Crippen molar-refractivity contribution in [1.29, 1.82) is 0 Å². The summed E-state index contributed by atoms with van der Waals surface area (Å²) in [5.41, 5.74) is 3.37. The topological polar surface area (TPSA) is 88.5 Å². The number of aromatic nitrogens is 2. The first-order valence-corrected chi connectivity index (χ1v) is 13.2. The second-order valence-corrected chi connectivity index (χ2v) is 11.5. The van der Waals surface area contributed by atoms with Crippen molar-refractivity contribution in [2.24, 2.45) is 13.0 Å². The summed E-state index contributed by atoms with van der Waals surface area (Å²) in [6.07, 6.45) is 5.35. The first-order chi connectivity index (χ1) is 16.8. The van der Waals surface area contributed by atoms with E-state index in [-0.39, 0.29) is 17.9 Å². The van der Waals surface area contributed by atoms with E-state index in [1.807, 2.05) is 39.1 Å². The number of nitrogens with one attached hydrogen (secondary N) is 2. The fraction of sp³-hybridized carbons (Fsp3) is 0.500. The molecule has 0 radical (unpaired) electrons. The molecule has 2 aromatic heterocycles. The van der Waals surface area contributed by atoms with Crippen molar-refractivity contribution in [2.75, 3.05) is 31.2 Å². The summed E-state index contributed by atoms with van der Waals surface area (Å²) in [7, 11) is 2.04. The average molecular weight is 494 g/mol. The van der Waals surface area contributed by atoms with E-state index in [9.17, 15) is 9.59 Å². The number of thiazole rings is 1. The number of morpholine rings is 1. The second kappa shape index (κ2) is 8.34. The van der Waals surface area contributed by atoms with Gasteiger partial charge in [0.15, 0.2) is 5.13 Å². The Morgan fingerprint density at radius 3 is 2.94 bits per heavy atom. The molecule has 1 aliphatic carbocycles. The summed E-state index contributed by atoms with van der Waals surface area (Å²) in [4.78, 5) is 33.1. The van der Waals surface area contributed by atoms with Gasteiger partial charge in [-0.2, -0.15) is 0 Å². The van der Waals surface area contributed by atoms with Gasteiger partial charge in [-0.05, 0) is 62.8 Å². The van der Waals surface area contributed by atoms with Crippen LogP contribution in [0.15, 0.2) is 24.4 Å². The van der Waals surface area contributed by atoms with E-state index in [4.69, 9.17) is 9.72 Å². The molecule has 3 aliphatic rings. The molecule has 4 heterocycles. The van der Waals surface area contributed by atoms with Crippen LogP contribution < -0.4 is 15.5 Å². The summed E-state index contributed by atoms with van der Waals surface area (Å²) in [5.74, 6) is 0.602. The van der Waals surface area contributed by atoms with E-state index in [1.165, 1.54) is 29.7 Å². The van der Waals surface area contributed by atoms with Gasteiger partial charge in [0.2, 0.25) is 0 Å². The van der Waals surface area contributed by atoms with Gasteiger partial charge in [0.25, 0.3) is 11.8 Å². The maximum Gasteiger partial charge on any atom is 0.264 e. The number of rotatable bonds is 6. The van der Waals surface area contributed by atoms with E-state index in [2.05, 4.69) is 26.3 Å². The molecule has 2 amide bonds. The molecule has 0 spiro atoms. The Balaban J connectivity index is 1.28. The lowest BCUT2D eigenvalue weighted by Gasteiger charge is -2.35. The normalized spacial score (nSPS) is 21.3. The Morgan fingerprint density at radius 2 is 2.17 bits per heavy atom. The van der Waals surface area contributed by atoms with Crippen LogP contribution in [0.25, 0.3) is 10.9 Å². The van der Waals surface area contributed by atoms with Crippen molar-refractivity contribution in [2.45, 2.75) is 44.7 Å². The molecule has 1 aromatic carbocycles. The smallest absolute Gasteiger partial charge is 0.264 e. The Hall–Kier alpha value is -2.91. The standard InChI is InChI=1S/C26H31N5O3S/c1-26(2)22-21(24(33)29-26)35-25(28-22)31-8-9-34-14-18(31)10-17-13-30(3)20-7-6-16(11-19(17)20)23(32)27-12-15-4-5-15/h6-7,11,13,15,18H,4-5,8-10,12,14H2,1-3H3,(H,27,32)(H,29,33)/t18-/m0/s1. The van der Waals surface area contributed by atoms with Crippen LogP contribution in [0.3, 0.4) is 0 Å². The van der Waals surface area contributed by atoms with Crippen LogP contribution in [0.5, 0.6) is 0 Å². The molecule has 9 heteroatoms. The van der Waals surface area contributed by atoms with Gasteiger partial charge in [-0.3, -0.25) is 9.59 Å². The van der Waals surface area contributed by atoms with Gasteiger partial charge >= 0.3 is 0 Å². The minimum Gasteiger partial charge on any atom is -0.377 e. The molecule has 2 N–H and O–H groups in total. The zero-order valence-electron chi connectivity index (χ0n) is 20.4. The van der Waals surface area contributed by atoms with Crippen LogP contribution in [0.1, 0.15) is 58.0 Å². The number of anilines is 1. The number of fused-ring (bicyclic) bond motifs is 2. The van der Waals surface area contributed by atoms with Crippen LogP contribution in [0.4, 0.5) is 5.13 Å². The first kappa shape index (κ1) is 22.5. The largest absolute Gasteiger partial charge is 0.377 e. The number of amides is 2. The Bertz CT molecular complexity index is 1320. The fourth-order valence-corrected chi connectivity index (χ4v) is 6.40. The molecular weight excluding hydrogens is 462 g/mol. The van der Waals surface area contributed by atoms with Crippen molar-refractivity contribution in [3.63, 3.8) is 0 Å². The van der Waals surface area contributed by atoms with Gasteiger partial charge in [-0.25, -0.2) is 4.98 Å². The van der Waals surface area contributed by atoms with E-state index in [0.29, 0.717) is 29.6 Å². The van der Waals surface area contributed by atoms with Gasteiger partial charge in [0.05, 0.1) is 30.5 Å². The summed E-state index contributed by atoms with van der Waals surface area (Å²) < 4.78 is 7.99. The molecule has 2 fully saturated rings. The predicted molar refractivity (Wildman–Crippen MR) is 136 cm³/mol. The highest BCUT2D eigenvalue weighted by molar-refractivity contribution is 7.17. The number of aryl methyl sites for hydroxylation is 1. The molecular formula is C26H31N5O3S. The number of hydrogen-bond donors (Lipinski definition) is 2. The third-order valence-corrected chi connectivity index (χ3v) is 8.44. The predicted octanol–water partition coefficient (Wildman–Crippen LogP) is 3.20. The zero-order chi connectivity index (χ0) is 24.3. The van der Waals surface area contributed by atoms with E-state index in [0.717, 1.165) is 41.2 Å². The summed E-state index contributed by atoms with van der Waals surface area (Å²) in [6, 6.07) is 6.06. The highest BCUT2D eigenvalue weighted by Gasteiger charge is 2.40. The molecule has 184 valence electrons. The lowest BCUT2D eigenvalue weighted by molar-refractivity contribution is 0.0935. The number of carbonyl (C=O) groups excluding carboxylic acids is 2. The molecule has 35 heavy (non-hydrogen) atoms. The summed E-state index contributed by atoms with van der Waals surface area (Å²) in [6.45, 7) is 6.71. The summed E-state index contributed by atoms with van der Waals surface area (Å²) in [5, 5.41) is 8.06. The maximum absolute atomic E-state index is 12.7. The van der Waals surface area contributed by atoms with Crippen LogP contribution in [-0.4, -0.2) is 53.7 Å². The lowest BCUT2D eigenvalue weighted by Crippen LogP contribution is -2.47. The molecule has 6 rings (SSSR count). The highest BCUT2D eigenvalue weighted by atomic mass is 32.1. The number of carbonyl (C=O) groups is 2. The number of nitrogens with zero attached hydrogens (tertiary/aromatic N) is 3. The van der Waals surface area contributed by atoms with Crippen LogP contribution >= 0.6 is 11.3 Å². The number of benzene rings is 1. The maximum atomic E-state index is 12.7. The van der Waals surface area contributed by atoms with Gasteiger partial charge in [-0.1, -0.05) is 11.3 Å². The number of ether oxygens (including phenoxy) is 1. The zero-order valence-corrected chi connectivity index (χ0v) is 21.2. The lowest BCUT2D eigenvalue weighted by atomic mass is 10.0. The van der Waals surface area contributed by atoms with Crippen molar-refractivity contribution < 1.29 is 14.3 Å². The van der Waals surface area contributed by atoms with Crippen LogP contribution in [-0.2, 0) is 23.7 Å². The van der Waals surface area contributed by atoms with E-state index >= 15 is 0 Å². The van der Waals surface area contributed by atoms with Crippen LogP contribution in [0, 0.1) is 5.92 Å². The molecule has 0 unspecified atom stereocenters. The number of hydrogen-bond acceptors (Lipinski definition) is 6. The molecule has 8 nitrogen and oxygen atoms in total. The van der Waals surface area contributed by atoms with Crippen molar-refractivity contribution in [1.82, 2.24) is 20.2 Å². The Labute approximate surface area is 208 Å². The monoisotopic (exact) mass is 493 g/mol.